The summed E-state index contributed by atoms with van der Waals surface area (Å²) in [6, 6.07) is 0. The van der Waals surface area contributed by atoms with Gasteiger partial charge < -0.3 is 9.72 Å². The zero-order valence-corrected chi connectivity index (χ0v) is 12.7. The maximum atomic E-state index is 12.0. The predicted molar refractivity (Wildman–Crippen MR) is 76.0 cm³/mol. The highest BCUT2D eigenvalue weighted by atomic mass is 32.2. The molecule has 1 heterocycles. The Morgan fingerprint density at radius 2 is 2.15 bits per heavy atom. The van der Waals surface area contributed by atoms with Crippen molar-refractivity contribution in [3.63, 3.8) is 0 Å². The molecule has 1 aliphatic carbocycles. The van der Waals surface area contributed by atoms with Crippen LogP contribution >= 0.6 is 0 Å². The van der Waals surface area contributed by atoms with E-state index >= 15 is 0 Å². The molecule has 1 saturated carbocycles. The average molecular weight is 301 g/mol. The lowest BCUT2D eigenvalue weighted by atomic mass is 9.98. The smallest absolute Gasteiger partial charge is 0.257 e. The fraction of sp³-hybridized carbons (Fsp3) is 0.769. The van der Waals surface area contributed by atoms with Gasteiger partial charge in [-0.1, -0.05) is 26.2 Å². The van der Waals surface area contributed by atoms with Crippen molar-refractivity contribution in [2.45, 2.75) is 56.6 Å². The number of imidazole rings is 1. The average Bonchev–Trinajstić information content (AvgIpc) is 2.95. The lowest BCUT2D eigenvalue weighted by molar-refractivity contribution is 0.0321. The standard InChI is InChI=1S/C13H23N3O3S/c1-2-12-14-10-13(16-12)20(17,18)15-8-9-19-11-6-4-3-5-7-11/h10-11,15H,2-9H2,1H3,(H,14,16). The van der Waals surface area contributed by atoms with Crippen molar-refractivity contribution >= 4 is 10.0 Å². The van der Waals surface area contributed by atoms with Gasteiger partial charge in [-0.25, -0.2) is 18.1 Å². The molecule has 7 heteroatoms. The molecule has 0 saturated heterocycles. The molecule has 1 aromatic heterocycles. The lowest BCUT2D eigenvalue weighted by Gasteiger charge is -2.21. The van der Waals surface area contributed by atoms with Gasteiger partial charge in [0.15, 0.2) is 5.03 Å². The van der Waals surface area contributed by atoms with Crippen LogP contribution in [0, 0.1) is 0 Å². The van der Waals surface area contributed by atoms with E-state index in [1.54, 1.807) is 0 Å². The van der Waals surface area contributed by atoms with Crippen molar-refractivity contribution in [3.8, 4) is 0 Å². The Bertz CT molecular complexity index is 507. The van der Waals surface area contributed by atoms with E-state index in [1.807, 2.05) is 6.92 Å². The highest BCUT2D eigenvalue weighted by Crippen LogP contribution is 2.19. The van der Waals surface area contributed by atoms with Gasteiger partial charge in [-0.3, -0.25) is 0 Å². The zero-order valence-electron chi connectivity index (χ0n) is 11.9. The molecule has 0 atom stereocenters. The van der Waals surface area contributed by atoms with E-state index in [4.69, 9.17) is 4.74 Å². The van der Waals surface area contributed by atoms with Crippen LogP contribution in [0.2, 0.25) is 0 Å². The molecule has 2 N–H and O–H groups in total. The molecule has 0 spiro atoms. The SMILES string of the molecule is CCc1ncc(S(=O)(=O)NCCOC2CCCCC2)[nH]1. The van der Waals surface area contributed by atoms with Gasteiger partial charge in [0.05, 0.1) is 18.9 Å². The molecule has 2 rings (SSSR count). The Morgan fingerprint density at radius 1 is 1.40 bits per heavy atom. The van der Waals surface area contributed by atoms with Crippen LogP contribution in [0.1, 0.15) is 44.9 Å². The number of ether oxygens (including phenoxy) is 1. The van der Waals surface area contributed by atoms with Gasteiger partial charge in [-0.05, 0) is 12.8 Å². The number of nitrogens with one attached hydrogen (secondary N) is 2. The first-order chi connectivity index (χ1) is 9.62. The largest absolute Gasteiger partial charge is 0.377 e. The first-order valence-electron chi connectivity index (χ1n) is 7.27. The molecule has 0 amide bonds. The molecule has 0 aliphatic heterocycles. The summed E-state index contributed by atoms with van der Waals surface area (Å²) < 4.78 is 32.2. The van der Waals surface area contributed by atoms with Crippen LogP contribution in [0.3, 0.4) is 0 Å². The van der Waals surface area contributed by atoms with E-state index in [0.717, 1.165) is 12.8 Å². The van der Waals surface area contributed by atoms with Gasteiger partial charge in [-0.2, -0.15) is 0 Å². The summed E-state index contributed by atoms with van der Waals surface area (Å²) in [5.41, 5.74) is 0. The van der Waals surface area contributed by atoms with Crippen molar-refractivity contribution in [1.29, 1.82) is 0 Å². The van der Waals surface area contributed by atoms with E-state index in [1.165, 1.54) is 25.5 Å². The van der Waals surface area contributed by atoms with E-state index in [2.05, 4.69) is 14.7 Å². The van der Waals surface area contributed by atoms with Crippen LogP contribution in [-0.2, 0) is 21.2 Å². The third-order valence-electron chi connectivity index (χ3n) is 3.53. The second-order valence-electron chi connectivity index (χ2n) is 5.08. The van der Waals surface area contributed by atoms with E-state index in [-0.39, 0.29) is 5.03 Å². The highest BCUT2D eigenvalue weighted by Gasteiger charge is 2.17. The van der Waals surface area contributed by atoms with Crippen molar-refractivity contribution < 1.29 is 13.2 Å². The first kappa shape index (κ1) is 15.5. The minimum absolute atomic E-state index is 0.118. The number of nitrogens with zero attached hydrogens (tertiary/aromatic N) is 1. The van der Waals surface area contributed by atoms with E-state index in [0.29, 0.717) is 31.5 Å². The lowest BCUT2D eigenvalue weighted by Crippen LogP contribution is -2.29. The zero-order chi connectivity index (χ0) is 14.4. The Hall–Kier alpha value is -0.920. The van der Waals surface area contributed by atoms with Crippen molar-refractivity contribution in [2.75, 3.05) is 13.2 Å². The number of sulfonamides is 1. The van der Waals surface area contributed by atoms with Crippen LogP contribution in [0.25, 0.3) is 0 Å². The van der Waals surface area contributed by atoms with E-state index < -0.39 is 10.0 Å². The minimum Gasteiger partial charge on any atom is -0.377 e. The molecular weight excluding hydrogens is 278 g/mol. The van der Waals surface area contributed by atoms with Crippen LogP contribution in [0.15, 0.2) is 11.2 Å². The Balaban J connectivity index is 1.74. The van der Waals surface area contributed by atoms with Gasteiger partial charge in [-0.15, -0.1) is 0 Å². The predicted octanol–water partition coefficient (Wildman–Crippen LogP) is 1.60. The Labute approximate surface area is 120 Å². The summed E-state index contributed by atoms with van der Waals surface area (Å²) in [5.74, 6) is 0.670. The summed E-state index contributed by atoms with van der Waals surface area (Å²) in [6.07, 6.45) is 8.22. The summed E-state index contributed by atoms with van der Waals surface area (Å²) in [6.45, 7) is 2.62. The summed E-state index contributed by atoms with van der Waals surface area (Å²) >= 11 is 0. The fourth-order valence-electron chi connectivity index (χ4n) is 2.37. The Kier molecular flexibility index (Phi) is 5.56. The maximum Gasteiger partial charge on any atom is 0.257 e. The van der Waals surface area contributed by atoms with Gasteiger partial charge in [0.1, 0.15) is 5.82 Å². The number of H-pyrrole nitrogens is 1. The van der Waals surface area contributed by atoms with Gasteiger partial charge in [0.2, 0.25) is 0 Å². The number of aromatic nitrogens is 2. The highest BCUT2D eigenvalue weighted by molar-refractivity contribution is 7.89. The second kappa shape index (κ2) is 7.19. The van der Waals surface area contributed by atoms with Crippen LogP contribution in [0.5, 0.6) is 0 Å². The molecule has 0 aromatic carbocycles. The molecular formula is C13H23N3O3S. The molecule has 114 valence electrons. The fourth-order valence-corrected chi connectivity index (χ4v) is 3.32. The molecule has 0 bridgehead atoms. The Morgan fingerprint density at radius 3 is 2.80 bits per heavy atom. The third kappa shape index (κ3) is 4.29. The van der Waals surface area contributed by atoms with Gasteiger partial charge in [0, 0.05) is 13.0 Å². The summed E-state index contributed by atoms with van der Waals surface area (Å²) in [5, 5.41) is 0.118. The van der Waals surface area contributed by atoms with Crippen LogP contribution < -0.4 is 4.72 Å². The number of aromatic amines is 1. The first-order valence-corrected chi connectivity index (χ1v) is 8.75. The minimum atomic E-state index is -3.50. The summed E-state index contributed by atoms with van der Waals surface area (Å²) in [7, 11) is -3.50. The third-order valence-corrected chi connectivity index (χ3v) is 4.90. The molecule has 1 aliphatic rings. The normalized spacial score (nSPS) is 17.4. The van der Waals surface area contributed by atoms with Gasteiger partial charge in [0.25, 0.3) is 10.0 Å². The number of aryl methyl sites for hydroxylation is 1. The van der Waals surface area contributed by atoms with Crippen LogP contribution in [0.4, 0.5) is 0 Å². The molecule has 6 nitrogen and oxygen atoms in total. The van der Waals surface area contributed by atoms with Crippen molar-refractivity contribution in [3.05, 3.63) is 12.0 Å². The molecule has 1 fully saturated rings. The molecule has 20 heavy (non-hydrogen) atoms. The number of hydrogen-bond donors (Lipinski definition) is 2. The maximum absolute atomic E-state index is 12.0. The van der Waals surface area contributed by atoms with Crippen molar-refractivity contribution in [1.82, 2.24) is 14.7 Å². The van der Waals surface area contributed by atoms with Crippen LogP contribution in [-0.4, -0.2) is 37.6 Å². The second-order valence-corrected chi connectivity index (χ2v) is 6.81. The monoisotopic (exact) mass is 301 g/mol. The number of rotatable bonds is 7. The molecule has 1 aromatic rings. The molecule has 0 radical (unpaired) electrons. The number of hydrogen-bond acceptors (Lipinski definition) is 4. The van der Waals surface area contributed by atoms with E-state index in [9.17, 15) is 8.42 Å². The quantitative estimate of drug-likeness (QED) is 0.749. The molecule has 0 unspecified atom stereocenters. The van der Waals surface area contributed by atoms with Crippen molar-refractivity contribution in [2.24, 2.45) is 0 Å². The summed E-state index contributed by atoms with van der Waals surface area (Å²) in [4.78, 5) is 6.79. The topological polar surface area (TPSA) is 84.1 Å². The van der Waals surface area contributed by atoms with Gasteiger partial charge >= 0.3 is 0 Å².